The molecular formula is C18H19F3KN3O2. The summed E-state index contributed by atoms with van der Waals surface area (Å²) in [5.41, 5.74) is 0.644. The molecule has 27 heavy (non-hydrogen) atoms. The average Bonchev–Trinajstić information content (AvgIpc) is 3.07. The maximum Gasteiger partial charge on any atom is 1.00 e. The molecule has 1 aromatic carbocycles. The van der Waals surface area contributed by atoms with Crippen LogP contribution in [0.1, 0.15) is 35.6 Å². The van der Waals surface area contributed by atoms with Crippen molar-refractivity contribution in [3.05, 3.63) is 53.3 Å². The number of aldehydes is 1. The SMILES string of the molecule is CC.C[O-].Cc1ccc(-c2cc(C(F)(F)F)n3nc(C=O)cc3n2)cc1.[K+]. The number of fused-ring (bicyclic) bond motifs is 1. The number of halogens is 3. The molecular weight excluding hydrogens is 386 g/mol. The Morgan fingerprint density at radius 1 is 1.07 bits per heavy atom. The summed E-state index contributed by atoms with van der Waals surface area (Å²) in [4.78, 5) is 14.9. The molecule has 0 fully saturated rings. The Morgan fingerprint density at radius 3 is 2.11 bits per heavy atom. The van der Waals surface area contributed by atoms with E-state index in [1.54, 1.807) is 24.3 Å². The molecule has 0 saturated heterocycles. The van der Waals surface area contributed by atoms with E-state index in [0.29, 0.717) is 16.4 Å². The molecule has 3 rings (SSSR count). The first kappa shape index (κ1) is 25.9. The predicted octanol–water partition coefficient (Wildman–Crippen LogP) is 0.543. The van der Waals surface area contributed by atoms with Gasteiger partial charge in [0.05, 0.1) is 5.69 Å². The van der Waals surface area contributed by atoms with E-state index in [1.165, 1.54) is 6.07 Å². The van der Waals surface area contributed by atoms with Crippen LogP contribution in [0.15, 0.2) is 36.4 Å². The van der Waals surface area contributed by atoms with Crippen LogP contribution in [-0.2, 0) is 6.18 Å². The first-order chi connectivity index (χ1) is 12.4. The Labute approximate surface area is 198 Å². The summed E-state index contributed by atoms with van der Waals surface area (Å²) in [6.45, 7) is 5.88. The number of benzene rings is 1. The standard InChI is InChI=1S/C15H10F3N3O.C2H6.CH3O.K/c1-9-2-4-10(5-3-9)12-7-13(15(16,17)18)21-14(19-12)6-11(8-22)20-21;2*1-2;/h2-8H,1H3;1-2H3;1H3;/q;;-1;+1. The van der Waals surface area contributed by atoms with Crippen LogP contribution in [-0.4, -0.2) is 28.0 Å². The number of aryl methyl sites for hydroxylation is 1. The second kappa shape index (κ2) is 11.7. The van der Waals surface area contributed by atoms with Crippen molar-refractivity contribution >= 4 is 11.9 Å². The van der Waals surface area contributed by atoms with Crippen LogP contribution in [0.4, 0.5) is 13.2 Å². The first-order valence-corrected chi connectivity index (χ1v) is 7.79. The minimum absolute atomic E-state index is 0. The van der Waals surface area contributed by atoms with E-state index in [0.717, 1.165) is 18.7 Å². The zero-order chi connectivity index (χ0) is 19.9. The molecule has 2 heterocycles. The Balaban J connectivity index is 0.00000127. The topological polar surface area (TPSA) is 70.3 Å². The van der Waals surface area contributed by atoms with Gasteiger partial charge >= 0.3 is 57.6 Å². The zero-order valence-electron chi connectivity index (χ0n) is 15.8. The molecule has 0 radical (unpaired) electrons. The fraction of sp³-hybridized carbons (Fsp3) is 0.278. The molecule has 9 heteroatoms. The van der Waals surface area contributed by atoms with Gasteiger partial charge in [-0.25, -0.2) is 9.50 Å². The van der Waals surface area contributed by atoms with Crippen molar-refractivity contribution in [1.29, 1.82) is 0 Å². The van der Waals surface area contributed by atoms with E-state index in [4.69, 9.17) is 5.11 Å². The number of rotatable bonds is 2. The number of carbonyl (C=O) groups excluding carboxylic acids is 1. The van der Waals surface area contributed by atoms with E-state index in [9.17, 15) is 18.0 Å². The second-order valence-electron chi connectivity index (χ2n) is 4.85. The van der Waals surface area contributed by atoms with Crippen molar-refractivity contribution in [3.8, 4) is 11.3 Å². The first-order valence-electron chi connectivity index (χ1n) is 7.79. The minimum atomic E-state index is -4.60. The molecule has 0 saturated carbocycles. The van der Waals surface area contributed by atoms with Gasteiger partial charge in [-0.1, -0.05) is 43.7 Å². The van der Waals surface area contributed by atoms with Crippen LogP contribution < -0.4 is 56.5 Å². The van der Waals surface area contributed by atoms with Crippen LogP contribution in [0.2, 0.25) is 0 Å². The van der Waals surface area contributed by atoms with E-state index in [-0.39, 0.29) is 68.4 Å². The quantitative estimate of drug-likeness (QED) is 0.461. The van der Waals surface area contributed by atoms with Gasteiger partial charge in [-0.15, -0.1) is 0 Å². The van der Waals surface area contributed by atoms with Gasteiger partial charge in [0.1, 0.15) is 5.69 Å². The van der Waals surface area contributed by atoms with E-state index in [2.05, 4.69) is 10.1 Å². The van der Waals surface area contributed by atoms with Crippen molar-refractivity contribution in [2.24, 2.45) is 0 Å². The summed E-state index contributed by atoms with van der Waals surface area (Å²) in [6, 6.07) is 9.14. The summed E-state index contributed by atoms with van der Waals surface area (Å²) >= 11 is 0. The molecule has 0 atom stereocenters. The summed E-state index contributed by atoms with van der Waals surface area (Å²) in [7, 11) is 0.750. The normalized spacial score (nSPS) is 10.1. The fourth-order valence-corrected chi connectivity index (χ4v) is 2.12. The van der Waals surface area contributed by atoms with Gasteiger partial charge in [-0.3, -0.25) is 4.79 Å². The fourth-order valence-electron chi connectivity index (χ4n) is 2.12. The van der Waals surface area contributed by atoms with Crippen LogP contribution >= 0.6 is 0 Å². The Morgan fingerprint density at radius 2 is 1.63 bits per heavy atom. The monoisotopic (exact) mass is 405 g/mol. The molecule has 0 aliphatic rings. The Hall–Kier alpha value is -1.10. The van der Waals surface area contributed by atoms with Crippen LogP contribution in [0, 0.1) is 6.92 Å². The molecule has 0 aliphatic carbocycles. The zero-order valence-corrected chi connectivity index (χ0v) is 19.0. The molecule has 0 aliphatic heterocycles. The summed E-state index contributed by atoms with van der Waals surface area (Å²) < 4.78 is 40.3. The maximum atomic E-state index is 13.2. The van der Waals surface area contributed by atoms with Gasteiger partial charge < -0.3 is 5.11 Å². The van der Waals surface area contributed by atoms with Gasteiger partial charge in [0.25, 0.3) is 0 Å². The number of aromatic nitrogens is 3. The van der Waals surface area contributed by atoms with Gasteiger partial charge in [0, 0.05) is 11.6 Å². The van der Waals surface area contributed by atoms with Crippen molar-refractivity contribution < 1.29 is 74.5 Å². The van der Waals surface area contributed by atoms with Crippen molar-refractivity contribution in [2.45, 2.75) is 26.9 Å². The smallest absolute Gasteiger partial charge is 0.857 e. The largest absolute Gasteiger partial charge is 1.00 e. The van der Waals surface area contributed by atoms with E-state index >= 15 is 0 Å². The average molecular weight is 405 g/mol. The molecule has 5 nitrogen and oxygen atoms in total. The van der Waals surface area contributed by atoms with E-state index < -0.39 is 11.9 Å². The molecule has 3 aromatic rings. The molecule has 0 spiro atoms. The second-order valence-corrected chi connectivity index (χ2v) is 4.85. The number of hydrogen-bond acceptors (Lipinski definition) is 4. The maximum absolute atomic E-state index is 13.2. The van der Waals surface area contributed by atoms with E-state index in [1.807, 2.05) is 20.8 Å². The summed E-state index contributed by atoms with van der Waals surface area (Å²) in [5.74, 6) is 0. The molecule has 140 valence electrons. The van der Waals surface area contributed by atoms with Crippen LogP contribution in [0.25, 0.3) is 16.9 Å². The summed E-state index contributed by atoms with van der Waals surface area (Å²) in [5, 5.41) is 11.9. The van der Waals surface area contributed by atoms with Gasteiger partial charge in [-0.05, 0) is 13.0 Å². The number of carbonyl (C=O) groups is 1. The Kier molecular flexibility index (Phi) is 11.2. The Bertz CT molecular complexity index is 863. The van der Waals surface area contributed by atoms with Crippen LogP contribution in [0.5, 0.6) is 0 Å². The number of alkyl halides is 3. The van der Waals surface area contributed by atoms with Crippen LogP contribution in [0.3, 0.4) is 0 Å². The minimum Gasteiger partial charge on any atom is -0.857 e. The number of nitrogens with zero attached hydrogens (tertiary/aromatic N) is 3. The van der Waals surface area contributed by atoms with Crippen molar-refractivity contribution in [1.82, 2.24) is 14.6 Å². The van der Waals surface area contributed by atoms with Gasteiger partial charge in [-0.2, -0.15) is 25.4 Å². The van der Waals surface area contributed by atoms with Gasteiger partial charge in [0.15, 0.2) is 17.6 Å². The molecule has 2 aromatic heterocycles. The summed E-state index contributed by atoms with van der Waals surface area (Å²) in [6.07, 6.45) is -4.22. The molecule has 0 bridgehead atoms. The molecule has 0 unspecified atom stereocenters. The predicted molar refractivity (Wildman–Crippen MR) is 90.8 cm³/mol. The third-order valence-electron chi connectivity index (χ3n) is 3.20. The van der Waals surface area contributed by atoms with Crippen molar-refractivity contribution in [2.75, 3.05) is 7.11 Å². The third kappa shape index (κ3) is 6.48. The number of hydrogen-bond donors (Lipinski definition) is 0. The molecule has 0 N–H and O–H groups in total. The third-order valence-corrected chi connectivity index (χ3v) is 3.20. The van der Waals surface area contributed by atoms with Crippen molar-refractivity contribution in [3.63, 3.8) is 0 Å². The van der Waals surface area contributed by atoms with Gasteiger partial charge in [0.2, 0.25) is 0 Å². The molecule has 0 amide bonds.